The summed E-state index contributed by atoms with van der Waals surface area (Å²) in [6.07, 6.45) is 29.8. The summed E-state index contributed by atoms with van der Waals surface area (Å²) < 4.78 is 15.5. The highest BCUT2D eigenvalue weighted by Gasteiger charge is 2.42. The van der Waals surface area contributed by atoms with Crippen LogP contribution in [-0.2, 0) is 16.9 Å². The third-order valence-electron chi connectivity index (χ3n) is 9.31. The molecule has 0 unspecified atom stereocenters. The molecule has 0 radical (unpaired) electrons. The second kappa shape index (κ2) is 19.4. The van der Waals surface area contributed by atoms with Gasteiger partial charge in [-0.2, -0.15) is 8.57 Å². The van der Waals surface area contributed by atoms with Crippen LogP contribution in [0, 0.1) is 0 Å². The van der Waals surface area contributed by atoms with Crippen LogP contribution in [-0.4, -0.2) is 4.21 Å². The number of benzene rings is 2. The molecule has 0 spiro atoms. The molecule has 2 nitrogen and oxygen atoms in total. The van der Waals surface area contributed by atoms with Gasteiger partial charge >= 0.3 is 0 Å². The third-order valence-corrected chi connectivity index (χ3v) is 9.59. The van der Waals surface area contributed by atoms with Gasteiger partial charge in [-0.25, -0.2) is 0 Å². The van der Waals surface area contributed by atoms with Gasteiger partial charge in [0.2, 0.25) is 11.5 Å². The Morgan fingerprint density at radius 3 is 1.50 bits per heavy atom. The molecular weight excluding hydrogens is 506 g/mol. The molecule has 222 valence electrons. The number of nitrogens with zero attached hydrogens (tertiary/aromatic N) is 1. The molecule has 0 aliphatic heterocycles. The third kappa shape index (κ3) is 9.97. The van der Waals surface area contributed by atoms with E-state index < -0.39 is 0 Å². The van der Waals surface area contributed by atoms with Gasteiger partial charge in [-0.15, -0.1) is 0 Å². The summed E-state index contributed by atoms with van der Waals surface area (Å²) in [5, 5.41) is 0. The van der Waals surface area contributed by atoms with Crippen LogP contribution < -0.4 is 0 Å². The van der Waals surface area contributed by atoms with E-state index in [0.29, 0.717) is 11.5 Å². The van der Waals surface area contributed by atoms with Crippen molar-refractivity contribution in [3.05, 3.63) is 53.6 Å². The van der Waals surface area contributed by atoms with Crippen molar-refractivity contribution in [1.29, 1.82) is 0 Å². The molecule has 1 aliphatic carbocycles. The van der Waals surface area contributed by atoms with Crippen LogP contribution in [0.4, 0.5) is 5.69 Å². The van der Waals surface area contributed by atoms with Gasteiger partial charge in [0.25, 0.3) is 0 Å². The number of unbranched alkanes of at least 4 members (excludes halogenated alkanes) is 18. The van der Waals surface area contributed by atoms with Crippen LogP contribution in [0.5, 0.6) is 0 Å². The van der Waals surface area contributed by atoms with Gasteiger partial charge in [-0.05, 0) is 47.2 Å². The van der Waals surface area contributed by atoms with Crippen LogP contribution in [0.2, 0.25) is 0 Å². The van der Waals surface area contributed by atoms with E-state index in [-0.39, 0.29) is 5.41 Å². The van der Waals surface area contributed by atoms with E-state index >= 15 is 0 Å². The monoisotopic (exact) mass is 563 g/mol. The fraction of sp³-hybridized carbons (Fsp3) is 0.676. The molecule has 0 saturated heterocycles. The molecule has 0 bridgehead atoms. The van der Waals surface area contributed by atoms with Crippen LogP contribution in [0.3, 0.4) is 0 Å². The summed E-state index contributed by atoms with van der Waals surface area (Å²) in [6, 6.07) is 15.6. The molecule has 40 heavy (non-hydrogen) atoms. The second-order valence-corrected chi connectivity index (χ2v) is 12.7. The Labute approximate surface area is 250 Å². The Kier molecular flexibility index (Phi) is 15.9. The van der Waals surface area contributed by atoms with Crippen molar-refractivity contribution < 1.29 is 4.21 Å². The zero-order valence-electron chi connectivity index (χ0n) is 25.9. The zero-order valence-corrected chi connectivity index (χ0v) is 26.7. The Morgan fingerprint density at radius 2 is 1.00 bits per heavy atom. The number of hydrogen-bond donors (Lipinski definition) is 0. The van der Waals surface area contributed by atoms with Gasteiger partial charge in [0, 0.05) is 5.41 Å². The molecule has 0 aromatic heterocycles. The average Bonchev–Trinajstić information content (AvgIpc) is 3.24. The Hall–Kier alpha value is -1.74. The molecule has 0 saturated carbocycles. The van der Waals surface area contributed by atoms with E-state index in [9.17, 15) is 4.21 Å². The lowest BCUT2D eigenvalue weighted by Gasteiger charge is -2.33. The maximum Gasteiger partial charge on any atom is 0.205 e. The summed E-state index contributed by atoms with van der Waals surface area (Å²) in [5.74, 6) is 0. The lowest BCUT2D eigenvalue weighted by Crippen LogP contribution is -2.25. The summed E-state index contributed by atoms with van der Waals surface area (Å²) in [5.41, 5.74) is 6.59. The molecule has 0 N–H and O–H groups in total. The summed E-state index contributed by atoms with van der Waals surface area (Å²) in [6.45, 7) is 4.59. The van der Waals surface area contributed by atoms with Crippen molar-refractivity contribution >= 4 is 17.2 Å². The molecule has 0 heterocycles. The quantitative estimate of drug-likeness (QED) is 0.124. The van der Waals surface area contributed by atoms with Gasteiger partial charge in [0.1, 0.15) is 0 Å². The molecule has 3 heteroatoms. The summed E-state index contributed by atoms with van der Waals surface area (Å²) in [4.78, 5) is 0. The normalized spacial score (nSPS) is 13.2. The van der Waals surface area contributed by atoms with Crippen LogP contribution in [0.25, 0.3) is 11.1 Å². The minimum Gasteiger partial charge on any atom is -0.191 e. The van der Waals surface area contributed by atoms with E-state index in [2.05, 4.69) is 54.6 Å². The minimum atomic E-state index is 0.0608. The van der Waals surface area contributed by atoms with Gasteiger partial charge < -0.3 is 0 Å². The van der Waals surface area contributed by atoms with Crippen molar-refractivity contribution in [2.24, 2.45) is 4.36 Å². The lowest BCUT2D eigenvalue weighted by molar-refractivity contribution is 0.397. The number of hydrogen-bond acceptors (Lipinski definition) is 2. The Bertz CT molecular complexity index is 1000. The molecule has 1 aliphatic rings. The van der Waals surface area contributed by atoms with E-state index in [1.54, 1.807) is 0 Å². The zero-order chi connectivity index (χ0) is 28.3. The molecule has 2 aromatic carbocycles. The van der Waals surface area contributed by atoms with Crippen molar-refractivity contribution in [2.45, 2.75) is 161 Å². The molecule has 0 amide bonds. The maximum absolute atomic E-state index is 11.3. The second-order valence-electron chi connectivity index (χ2n) is 12.4. The van der Waals surface area contributed by atoms with E-state index in [1.807, 2.05) is 6.07 Å². The summed E-state index contributed by atoms with van der Waals surface area (Å²) >= 11 is 0.329. The predicted molar refractivity (Wildman–Crippen MR) is 176 cm³/mol. The molecule has 2 aromatic rings. The molecular formula is C37H57NOS. The van der Waals surface area contributed by atoms with Crippen molar-refractivity contribution in [3.63, 3.8) is 0 Å². The predicted octanol–water partition coefficient (Wildman–Crippen LogP) is 12.6. The lowest BCUT2D eigenvalue weighted by atomic mass is 9.70. The largest absolute Gasteiger partial charge is 0.205 e. The topological polar surface area (TPSA) is 29.4 Å². The smallest absolute Gasteiger partial charge is 0.191 e. The van der Waals surface area contributed by atoms with Crippen molar-refractivity contribution in [2.75, 3.05) is 0 Å². The highest BCUT2D eigenvalue weighted by atomic mass is 32.1. The van der Waals surface area contributed by atoms with Gasteiger partial charge in [0.05, 0.1) is 5.69 Å². The Balaban J connectivity index is 1.62. The first-order valence-electron chi connectivity index (χ1n) is 17.0. The molecule has 0 atom stereocenters. The highest BCUT2D eigenvalue weighted by Crippen LogP contribution is 2.54. The molecule has 0 fully saturated rings. The number of rotatable bonds is 23. The first-order chi connectivity index (χ1) is 19.8. The van der Waals surface area contributed by atoms with Crippen LogP contribution >= 0.6 is 0 Å². The minimum absolute atomic E-state index is 0.0608. The first-order valence-corrected chi connectivity index (χ1v) is 17.7. The first kappa shape index (κ1) is 32.8. The fourth-order valence-corrected chi connectivity index (χ4v) is 7.23. The summed E-state index contributed by atoms with van der Waals surface area (Å²) in [7, 11) is 0. The maximum atomic E-state index is 11.3. The van der Waals surface area contributed by atoms with Crippen molar-refractivity contribution in [3.8, 4) is 11.1 Å². The van der Waals surface area contributed by atoms with E-state index in [0.717, 1.165) is 5.69 Å². The Morgan fingerprint density at radius 1 is 0.550 bits per heavy atom. The van der Waals surface area contributed by atoms with Crippen molar-refractivity contribution in [1.82, 2.24) is 0 Å². The van der Waals surface area contributed by atoms with E-state index in [4.69, 9.17) is 0 Å². The average molecular weight is 564 g/mol. The van der Waals surface area contributed by atoms with E-state index in [1.165, 1.54) is 164 Å². The number of fused-ring (bicyclic) bond motifs is 3. The highest BCUT2D eigenvalue weighted by molar-refractivity contribution is 7.54. The molecule has 3 rings (SSSR count). The van der Waals surface area contributed by atoms with Gasteiger partial charge in [0.15, 0.2) is 0 Å². The van der Waals surface area contributed by atoms with Gasteiger partial charge in [-0.3, -0.25) is 0 Å². The van der Waals surface area contributed by atoms with Crippen LogP contribution in [0.1, 0.15) is 166 Å². The van der Waals surface area contributed by atoms with Crippen LogP contribution in [0.15, 0.2) is 46.8 Å². The standard InChI is InChI=1S/C37H57NOS/c1-3-5-7-9-11-13-15-17-19-23-29-37(30-24-20-18-16-14-12-10-8-6-4-2)35-26-22-21-25-33(35)34-28-27-32(38-40-39)31-36(34)37/h21-22,25-28,31H,3-20,23-24,29-30H2,1-2H3. The van der Waals surface area contributed by atoms with Gasteiger partial charge in [-0.1, -0.05) is 173 Å². The SMILES string of the molecule is CCCCCCCCCCCCC1(CCCCCCCCCCCC)c2ccccc2-c2ccc(N=S=O)cc21. The fourth-order valence-electron chi connectivity index (χ4n) is 7.04.